The molecule has 1 aliphatic carbocycles. The van der Waals surface area contributed by atoms with Gasteiger partial charge >= 0.3 is 0 Å². The summed E-state index contributed by atoms with van der Waals surface area (Å²) in [5.41, 5.74) is 0. The predicted octanol–water partition coefficient (Wildman–Crippen LogP) is 3.24. The number of halogens is 2. The number of rotatable bonds is 5. The Labute approximate surface area is 123 Å². The predicted molar refractivity (Wildman–Crippen MR) is 76.9 cm³/mol. The summed E-state index contributed by atoms with van der Waals surface area (Å²) in [6.07, 6.45) is 3.11. The van der Waals surface area contributed by atoms with E-state index in [2.05, 4.69) is 5.32 Å². The van der Waals surface area contributed by atoms with Crippen LogP contribution in [0.2, 0.25) is 5.02 Å². The fourth-order valence-electron chi connectivity index (χ4n) is 2.21. The first-order chi connectivity index (χ1) is 9.13. The first-order valence-electron chi connectivity index (χ1n) is 6.42. The monoisotopic (exact) mass is 301 g/mol. The SMILES string of the molecule is O=C(COc1cccc(Cl)c1)NCC1CCC(Cl)C1. The third kappa shape index (κ3) is 4.92. The molecule has 1 saturated carbocycles. The van der Waals surface area contributed by atoms with Crippen LogP contribution >= 0.6 is 23.2 Å². The summed E-state index contributed by atoms with van der Waals surface area (Å²) in [5, 5.41) is 3.74. The molecule has 0 bridgehead atoms. The highest BCUT2D eigenvalue weighted by atomic mass is 35.5. The van der Waals surface area contributed by atoms with Crippen molar-refractivity contribution < 1.29 is 9.53 Å². The van der Waals surface area contributed by atoms with Crippen LogP contribution in [0.4, 0.5) is 0 Å². The lowest BCUT2D eigenvalue weighted by atomic mass is 10.1. The number of alkyl halides is 1. The molecule has 0 spiro atoms. The van der Waals surface area contributed by atoms with Crippen molar-refractivity contribution in [3.63, 3.8) is 0 Å². The number of amides is 1. The lowest BCUT2D eigenvalue weighted by Crippen LogP contribution is -2.32. The smallest absolute Gasteiger partial charge is 0.257 e. The molecule has 1 fully saturated rings. The largest absolute Gasteiger partial charge is 0.484 e. The standard InChI is InChI=1S/C14H17Cl2NO2/c15-11-2-1-3-13(7-11)19-9-14(18)17-8-10-4-5-12(16)6-10/h1-3,7,10,12H,4-6,8-9H2,(H,17,18). The van der Waals surface area contributed by atoms with Crippen LogP contribution in [0.5, 0.6) is 5.75 Å². The van der Waals surface area contributed by atoms with Crippen LogP contribution < -0.4 is 10.1 Å². The van der Waals surface area contributed by atoms with Crippen molar-refractivity contribution in [3.8, 4) is 5.75 Å². The van der Waals surface area contributed by atoms with Crippen LogP contribution in [0.15, 0.2) is 24.3 Å². The molecule has 0 radical (unpaired) electrons. The molecule has 0 saturated heterocycles. The second kappa shape index (κ2) is 7.01. The van der Waals surface area contributed by atoms with E-state index in [1.54, 1.807) is 24.3 Å². The van der Waals surface area contributed by atoms with Crippen LogP contribution in [0.3, 0.4) is 0 Å². The number of carbonyl (C=O) groups excluding carboxylic acids is 1. The van der Waals surface area contributed by atoms with E-state index >= 15 is 0 Å². The molecule has 0 aromatic heterocycles. The number of benzene rings is 1. The fraction of sp³-hybridized carbons (Fsp3) is 0.500. The van der Waals surface area contributed by atoms with Gasteiger partial charge in [-0.2, -0.15) is 0 Å². The van der Waals surface area contributed by atoms with Crippen molar-refractivity contribution in [2.24, 2.45) is 5.92 Å². The van der Waals surface area contributed by atoms with Crippen LogP contribution in [-0.2, 0) is 4.79 Å². The molecule has 0 aliphatic heterocycles. The number of hydrogen-bond donors (Lipinski definition) is 1. The molecule has 2 rings (SSSR count). The summed E-state index contributed by atoms with van der Waals surface area (Å²) in [6, 6.07) is 7.00. The molecule has 2 atom stereocenters. The van der Waals surface area contributed by atoms with E-state index in [1.807, 2.05) is 0 Å². The van der Waals surface area contributed by atoms with Gasteiger partial charge in [0.25, 0.3) is 5.91 Å². The normalized spacial score (nSPS) is 22.2. The second-order valence-corrected chi connectivity index (χ2v) is 5.88. The Kier molecular flexibility index (Phi) is 5.34. The average molecular weight is 302 g/mol. The van der Waals surface area contributed by atoms with Gasteiger partial charge in [0.1, 0.15) is 5.75 Å². The molecular weight excluding hydrogens is 285 g/mol. The van der Waals surface area contributed by atoms with Gasteiger partial charge in [-0.1, -0.05) is 17.7 Å². The average Bonchev–Trinajstić information content (AvgIpc) is 2.80. The molecule has 1 amide bonds. The molecular formula is C14H17Cl2NO2. The minimum absolute atomic E-state index is 0.0113. The second-order valence-electron chi connectivity index (χ2n) is 4.83. The van der Waals surface area contributed by atoms with E-state index in [-0.39, 0.29) is 17.9 Å². The Hall–Kier alpha value is -0.930. The minimum atomic E-state index is -0.113. The number of nitrogens with one attached hydrogen (secondary N) is 1. The molecule has 0 heterocycles. The quantitative estimate of drug-likeness (QED) is 0.848. The highest BCUT2D eigenvalue weighted by molar-refractivity contribution is 6.30. The Morgan fingerprint density at radius 2 is 2.26 bits per heavy atom. The molecule has 1 aromatic carbocycles. The molecule has 1 aromatic rings. The van der Waals surface area contributed by atoms with Crippen molar-refractivity contribution in [1.29, 1.82) is 0 Å². The van der Waals surface area contributed by atoms with Gasteiger partial charge in [0.2, 0.25) is 0 Å². The van der Waals surface area contributed by atoms with Crippen LogP contribution in [0, 0.1) is 5.92 Å². The van der Waals surface area contributed by atoms with Gasteiger partial charge < -0.3 is 10.1 Å². The summed E-state index contributed by atoms with van der Waals surface area (Å²) < 4.78 is 5.36. The molecule has 5 heteroatoms. The first kappa shape index (κ1) is 14.5. The van der Waals surface area contributed by atoms with E-state index < -0.39 is 0 Å². The maximum absolute atomic E-state index is 11.6. The summed E-state index contributed by atoms with van der Waals surface area (Å²) in [5.74, 6) is 0.986. The summed E-state index contributed by atoms with van der Waals surface area (Å²) in [6.45, 7) is 0.693. The van der Waals surface area contributed by atoms with E-state index in [0.717, 1.165) is 19.3 Å². The molecule has 19 heavy (non-hydrogen) atoms. The zero-order chi connectivity index (χ0) is 13.7. The van der Waals surface area contributed by atoms with Crippen LogP contribution in [0.1, 0.15) is 19.3 Å². The van der Waals surface area contributed by atoms with Gasteiger partial charge in [-0.05, 0) is 43.4 Å². The number of hydrogen-bond acceptors (Lipinski definition) is 2. The lowest BCUT2D eigenvalue weighted by molar-refractivity contribution is -0.123. The Morgan fingerprint density at radius 1 is 1.42 bits per heavy atom. The van der Waals surface area contributed by atoms with Crippen molar-refractivity contribution in [2.75, 3.05) is 13.2 Å². The highest BCUT2D eigenvalue weighted by Crippen LogP contribution is 2.28. The van der Waals surface area contributed by atoms with Crippen molar-refractivity contribution in [1.82, 2.24) is 5.32 Å². The summed E-state index contributed by atoms with van der Waals surface area (Å²) >= 11 is 11.9. The zero-order valence-corrected chi connectivity index (χ0v) is 12.1. The van der Waals surface area contributed by atoms with E-state index in [0.29, 0.717) is 23.2 Å². The van der Waals surface area contributed by atoms with Gasteiger partial charge in [0, 0.05) is 16.9 Å². The van der Waals surface area contributed by atoms with E-state index in [4.69, 9.17) is 27.9 Å². The Balaban J connectivity index is 1.67. The maximum atomic E-state index is 11.6. The summed E-state index contributed by atoms with van der Waals surface area (Å²) in [4.78, 5) is 11.6. The number of ether oxygens (including phenoxy) is 1. The molecule has 2 unspecified atom stereocenters. The Bertz CT molecular complexity index is 439. The van der Waals surface area contributed by atoms with Gasteiger partial charge in [0.05, 0.1) is 0 Å². The van der Waals surface area contributed by atoms with Crippen molar-refractivity contribution in [2.45, 2.75) is 24.6 Å². The number of carbonyl (C=O) groups is 1. The van der Waals surface area contributed by atoms with Gasteiger partial charge in [-0.25, -0.2) is 0 Å². The van der Waals surface area contributed by atoms with Crippen LogP contribution in [-0.4, -0.2) is 24.4 Å². The van der Waals surface area contributed by atoms with Crippen molar-refractivity contribution in [3.05, 3.63) is 29.3 Å². The third-order valence-corrected chi connectivity index (χ3v) is 3.86. The maximum Gasteiger partial charge on any atom is 0.257 e. The van der Waals surface area contributed by atoms with Gasteiger partial charge in [-0.15, -0.1) is 11.6 Å². The zero-order valence-electron chi connectivity index (χ0n) is 10.6. The van der Waals surface area contributed by atoms with E-state index in [9.17, 15) is 4.79 Å². The highest BCUT2D eigenvalue weighted by Gasteiger charge is 2.22. The Morgan fingerprint density at radius 3 is 2.95 bits per heavy atom. The van der Waals surface area contributed by atoms with Crippen molar-refractivity contribution >= 4 is 29.1 Å². The molecule has 1 aliphatic rings. The third-order valence-electron chi connectivity index (χ3n) is 3.23. The fourth-order valence-corrected chi connectivity index (χ4v) is 2.77. The molecule has 1 N–H and O–H groups in total. The van der Waals surface area contributed by atoms with Crippen LogP contribution in [0.25, 0.3) is 0 Å². The minimum Gasteiger partial charge on any atom is -0.484 e. The van der Waals surface area contributed by atoms with Gasteiger partial charge in [0.15, 0.2) is 6.61 Å². The van der Waals surface area contributed by atoms with E-state index in [1.165, 1.54) is 0 Å². The topological polar surface area (TPSA) is 38.3 Å². The molecule has 3 nitrogen and oxygen atoms in total. The summed E-state index contributed by atoms with van der Waals surface area (Å²) in [7, 11) is 0. The molecule has 104 valence electrons. The lowest BCUT2D eigenvalue weighted by Gasteiger charge is -2.11. The first-order valence-corrected chi connectivity index (χ1v) is 7.24. The van der Waals surface area contributed by atoms with Gasteiger partial charge in [-0.3, -0.25) is 4.79 Å².